The summed E-state index contributed by atoms with van der Waals surface area (Å²) in [6.07, 6.45) is 1.66. The lowest BCUT2D eigenvalue weighted by Crippen LogP contribution is -2.28. The number of anilines is 1. The molecular formula is C11H17N3O2. The van der Waals surface area contributed by atoms with Crippen LogP contribution < -0.4 is 10.6 Å². The quantitative estimate of drug-likeness (QED) is 0.703. The minimum atomic E-state index is -0.138. The zero-order chi connectivity index (χ0) is 11.8. The molecule has 88 valence electrons. The van der Waals surface area contributed by atoms with Gasteiger partial charge in [0.15, 0.2) is 0 Å². The van der Waals surface area contributed by atoms with Gasteiger partial charge >= 0.3 is 0 Å². The van der Waals surface area contributed by atoms with Crippen molar-refractivity contribution in [2.24, 2.45) is 0 Å². The number of ether oxygens (including phenoxy) is 1. The SMILES string of the molecule is CCNc1ncccc1C(=O)NCCOC. The second kappa shape index (κ2) is 6.79. The van der Waals surface area contributed by atoms with E-state index in [4.69, 9.17) is 4.74 Å². The van der Waals surface area contributed by atoms with Crippen LogP contribution in [0, 0.1) is 0 Å². The van der Waals surface area contributed by atoms with Gasteiger partial charge in [-0.3, -0.25) is 4.79 Å². The van der Waals surface area contributed by atoms with Crippen LogP contribution in [0.4, 0.5) is 5.82 Å². The molecule has 2 N–H and O–H groups in total. The third kappa shape index (κ3) is 3.51. The fourth-order valence-electron chi connectivity index (χ4n) is 1.26. The Hall–Kier alpha value is -1.62. The standard InChI is InChI=1S/C11H17N3O2/c1-3-12-10-9(5-4-6-13-10)11(15)14-7-8-16-2/h4-6H,3,7-8H2,1-2H3,(H,12,13)(H,14,15). The molecule has 1 heterocycles. The van der Waals surface area contributed by atoms with E-state index >= 15 is 0 Å². The Morgan fingerprint density at radius 3 is 3.06 bits per heavy atom. The molecule has 0 bridgehead atoms. The van der Waals surface area contributed by atoms with Crippen molar-refractivity contribution in [3.8, 4) is 0 Å². The summed E-state index contributed by atoms with van der Waals surface area (Å²) in [6, 6.07) is 3.49. The van der Waals surface area contributed by atoms with Crippen molar-refractivity contribution in [3.05, 3.63) is 23.9 Å². The number of rotatable bonds is 6. The van der Waals surface area contributed by atoms with Crippen molar-refractivity contribution in [3.63, 3.8) is 0 Å². The second-order valence-corrected chi connectivity index (χ2v) is 3.18. The van der Waals surface area contributed by atoms with Gasteiger partial charge in [-0.2, -0.15) is 0 Å². The molecule has 1 rings (SSSR count). The van der Waals surface area contributed by atoms with Crippen molar-refractivity contribution in [1.82, 2.24) is 10.3 Å². The van der Waals surface area contributed by atoms with E-state index in [1.54, 1.807) is 25.4 Å². The maximum atomic E-state index is 11.8. The van der Waals surface area contributed by atoms with Gasteiger partial charge in [0.25, 0.3) is 5.91 Å². The molecule has 0 aliphatic carbocycles. The van der Waals surface area contributed by atoms with Crippen LogP contribution in [0.15, 0.2) is 18.3 Å². The molecule has 0 radical (unpaired) electrons. The molecule has 0 spiro atoms. The van der Waals surface area contributed by atoms with Gasteiger partial charge in [-0.15, -0.1) is 0 Å². The summed E-state index contributed by atoms with van der Waals surface area (Å²) in [7, 11) is 1.60. The Kier molecular flexibility index (Phi) is 5.28. The van der Waals surface area contributed by atoms with Crippen LogP contribution in [0.3, 0.4) is 0 Å². The van der Waals surface area contributed by atoms with Crippen molar-refractivity contribution < 1.29 is 9.53 Å². The lowest BCUT2D eigenvalue weighted by atomic mass is 10.2. The van der Waals surface area contributed by atoms with Crippen LogP contribution in [-0.4, -0.2) is 37.7 Å². The number of aromatic nitrogens is 1. The molecule has 0 saturated carbocycles. The summed E-state index contributed by atoms with van der Waals surface area (Å²) in [5, 5.41) is 5.80. The number of amides is 1. The van der Waals surface area contributed by atoms with Gasteiger partial charge in [0, 0.05) is 26.4 Å². The van der Waals surface area contributed by atoms with Crippen molar-refractivity contribution in [2.75, 3.05) is 32.1 Å². The molecule has 0 saturated heterocycles. The molecule has 0 fully saturated rings. The van der Waals surface area contributed by atoms with Crippen LogP contribution in [0.25, 0.3) is 0 Å². The number of carbonyl (C=O) groups excluding carboxylic acids is 1. The number of carbonyl (C=O) groups is 1. The lowest BCUT2D eigenvalue weighted by molar-refractivity contribution is 0.0937. The molecule has 0 unspecified atom stereocenters. The number of hydrogen-bond donors (Lipinski definition) is 2. The maximum absolute atomic E-state index is 11.8. The highest BCUT2D eigenvalue weighted by Gasteiger charge is 2.10. The summed E-state index contributed by atoms with van der Waals surface area (Å²) in [6.45, 7) is 3.69. The molecule has 1 aromatic heterocycles. The monoisotopic (exact) mass is 223 g/mol. The summed E-state index contributed by atoms with van der Waals surface area (Å²) >= 11 is 0. The molecule has 0 atom stereocenters. The molecule has 16 heavy (non-hydrogen) atoms. The lowest BCUT2D eigenvalue weighted by Gasteiger charge is -2.09. The largest absolute Gasteiger partial charge is 0.383 e. The third-order valence-electron chi connectivity index (χ3n) is 1.99. The molecule has 0 aliphatic rings. The average molecular weight is 223 g/mol. The van der Waals surface area contributed by atoms with E-state index in [9.17, 15) is 4.79 Å². The fraction of sp³-hybridized carbons (Fsp3) is 0.455. The van der Waals surface area contributed by atoms with Crippen LogP contribution >= 0.6 is 0 Å². The molecule has 1 aromatic rings. The maximum Gasteiger partial charge on any atom is 0.255 e. The number of hydrogen-bond acceptors (Lipinski definition) is 4. The highest BCUT2D eigenvalue weighted by Crippen LogP contribution is 2.10. The van der Waals surface area contributed by atoms with E-state index in [2.05, 4.69) is 15.6 Å². The minimum Gasteiger partial charge on any atom is -0.383 e. The van der Waals surface area contributed by atoms with E-state index in [1.165, 1.54) is 0 Å². The van der Waals surface area contributed by atoms with E-state index in [0.29, 0.717) is 24.5 Å². The van der Waals surface area contributed by atoms with Gasteiger partial charge in [0.1, 0.15) is 5.82 Å². The Balaban J connectivity index is 2.66. The van der Waals surface area contributed by atoms with Gasteiger partial charge in [-0.25, -0.2) is 4.98 Å². The fourth-order valence-corrected chi connectivity index (χ4v) is 1.26. The predicted molar refractivity (Wildman–Crippen MR) is 62.6 cm³/mol. The van der Waals surface area contributed by atoms with E-state index < -0.39 is 0 Å². The van der Waals surface area contributed by atoms with Crippen LogP contribution in [0.5, 0.6) is 0 Å². The van der Waals surface area contributed by atoms with Crippen LogP contribution in [-0.2, 0) is 4.74 Å². The Morgan fingerprint density at radius 1 is 1.56 bits per heavy atom. The van der Waals surface area contributed by atoms with Gasteiger partial charge in [-0.05, 0) is 19.1 Å². The third-order valence-corrected chi connectivity index (χ3v) is 1.99. The van der Waals surface area contributed by atoms with E-state index in [1.807, 2.05) is 6.92 Å². The Morgan fingerprint density at radius 2 is 2.38 bits per heavy atom. The summed E-state index contributed by atoms with van der Waals surface area (Å²) in [5.41, 5.74) is 0.556. The van der Waals surface area contributed by atoms with E-state index in [0.717, 1.165) is 6.54 Å². The number of methoxy groups -OCH3 is 1. The second-order valence-electron chi connectivity index (χ2n) is 3.18. The highest BCUT2D eigenvalue weighted by molar-refractivity contribution is 5.98. The van der Waals surface area contributed by atoms with Gasteiger partial charge in [0.2, 0.25) is 0 Å². The first-order valence-corrected chi connectivity index (χ1v) is 5.25. The predicted octanol–water partition coefficient (Wildman–Crippen LogP) is 0.890. The zero-order valence-electron chi connectivity index (χ0n) is 9.62. The minimum absolute atomic E-state index is 0.138. The first kappa shape index (κ1) is 12.4. The van der Waals surface area contributed by atoms with Crippen molar-refractivity contribution >= 4 is 11.7 Å². The summed E-state index contributed by atoms with van der Waals surface area (Å²) in [5.74, 6) is 0.473. The van der Waals surface area contributed by atoms with Crippen LogP contribution in [0.2, 0.25) is 0 Å². The van der Waals surface area contributed by atoms with Gasteiger partial charge in [0.05, 0.1) is 12.2 Å². The number of nitrogens with zero attached hydrogens (tertiary/aromatic N) is 1. The zero-order valence-corrected chi connectivity index (χ0v) is 9.62. The summed E-state index contributed by atoms with van der Waals surface area (Å²) < 4.78 is 4.86. The van der Waals surface area contributed by atoms with E-state index in [-0.39, 0.29) is 5.91 Å². The Labute approximate surface area is 95.2 Å². The Bertz CT molecular complexity index is 342. The van der Waals surface area contributed by atoms with Gasteiger partial charge in [-0.1, -0.05) is 0 Å². The highest BCUT2D eigenvalue weighted by atomic mass is 16.5. The molecular weight excluding hydrogens is 206 g/mol. The van der Waals surface area contributed by atoms with Crippen molar-refractivity contribution in [1.29, 1.82) is 0 Å². The molecule has 0 aromatic carbocycles. The average Bonchev–Trinajstić information content (AvgIpc) is 2.30. The van der Waals surface area contributed by atoms with Crippen molar-refractivity contribution in [2.45, 2.75) is 6.92 Å². The first-order valence-electron chi connectivity index (χ1n) is 5.25. The molecule has 0 aliphatic heterocycles. The first-order chi connectivity index (χ1) is 7.79. The normalized spacial score (nSPS) is 9.88. The summed E-state index contributed by atoms with van der Waals surface area (Å²) in [4.78, 5) is 15.9. The molecule has 5 heteroatoms. The topological polar surface area (TPSA) is 63.2 Å². The molecule has 1 amide bonds. The smallest absolute Gasteiger partial charge is 0.255 e. The van der Waals surface area contributed by atoms with Crippen LogP contribution in [0.1, 0.15) is 17.3 Å². The van der Waals surface area contributed by atoms with Gasteiger partial charge < -0.3 is 15.4 Å². The number of pyridine rings is 1. The molecule has 5 nitrogen and oxygen atoms in total. The number of nitrogens with one attached hydrogen (secondary N) is 2.